The average molecular weight is 342 g/mol. The van der Waals surface area contributed by atoms with Crippen molar-refractivity contribution in [2.45, 2.75) is 11.8 Å². The Kier molecular flexibility index (Phi) is 3.40. The highest BCUT2D eigenvalue weighted by Gasteiger charge is 2.20. The van der Waals surface area contributed by atoms with E-state index < -0.39 is 9.05 Å². The molecule has 0 spiro atoms. The zero-order valence-electron chi connectivity index (χ0n) is 7.08. The molecule has 0 unspecified atom stereocenters. The molecule has 0 N–H and O–H groups in total. The van der Waals surface area contributed by atoms with E-state index in [2.05, 4.69) is 0 Å². The highest BCUT2D eigenvalue weighted by Crippen LogP contribution is 2.27. The number of hydrogen-bond donors (Lipinski definition) is 0. The van der Waals surface area contributed by atoms with Crippen molar-refractivity contribution in [3.05, 3.63) is 26.8 Å². The SMILES string of the molecule is Cc1ccc(I)c(C#N)c1S(=O)(=O)Cl. The summed E-state index contributed by atoms with van der Waals surface area (Å²) in [5.41, 5.74) is 0.595. The van der Waals surface area contributed by atoms with Gasteiger partial charge >= 0.3 is 0 Å². The normalized spacial score (nSPS) is 11.0. The van der Waals surface area contributed by atoms with Crippen molar-refractivity contribution in [1.29, 1.82) is 5.26 Å². The fourth-order valence-corrected chi connectivity index (χ4v) is 3.28. The number of aryl methyl sites for hydroxylation is 1. The third-order valence-electron chi connectivity index (χ3n) is 1.66. The van der Waals surface area contributed by atoms with Gasteiger partial charge in [0.05, 0.1) is 5.56 Å². The summed E-state index contributed by atoms with van der Waals surface area (Å²) in [5.74, 6) is 0. The van der Waals surface area contributed by atoms with Crippen LogP contribution in [0.15, 0.2) is 17.0 Å². The van der Waals surface area contributed by atoms with Crippen molar-refractivity contribution in [3.8, 4) is 6.07 Å². The summed E-state index contributed by atoms with van der Waals surface area (Å²) in [5, 5.41) is 8.81. The number of nitriles is 1. The smallest absolute Gasteiger partial charge is 0.207 e. The summed E-state index contributed by atoms with van der Waals surface area (Å²) in [6.45, 7) is 1.60. The molecular formula is C8H5ClINO2S. The molecule has 6 heteroatoms. The lowest BCUT2D eigenvalue weighted by Gasteiger charge is -2.05. The van der Waals surface area contributed by atoms with Crippen molar-refractivity contribution < 1.29 is 8.42 Å². The van der Waals surface area contributed by atoms with Gasteiger partial charge in [-0.05, 0) is 41.1 Å². The lowest BCUT2D eigenvalue weighted by Crippen LogP contribution is -2.00. The zero-order valence-corrected chi connectivity index (χ0v) is 10.8. The van der Waals surface area contributed by atoms with Crippen LogP contribution in [0.5, 0.6) is 0 Å². The molecule has 0 radical (unpaired) electrons. The number of nitrogens with zero attached hydrogens (tertiary/aromatic N) is 1. The number of benzene rings is 1. The van der Waals surface area contributed by atoms with Crippen LogP contribution in [0.3, 0.4) is 0 Å². The predicted octanol–water partition coefficient (Wildman–Crippen LogP) is 2.40. The second kappa shape index (κ2) is 4.04. The Morgan fingerprint density at radius 2 is 2.07 bits per heavy atom. The van der Waals surface area contributed by atoms with E-state index in [-0.39, 0.29) is 10.5 Å². The molecule has 0 aliphatic heterocycles. The van der Waals surface area contributed by atoms with Crippen molar-refractivity contribution in [2.24, 2.45) is 0 Å². The fourth-order valence-electron chi connectivity index (χ4n) is 1.08. The minimum Gasteiger partial charge on any atom is -0.207 e. The van der Waals surface area contributed by atoms with Crippen molar-refractivity contribution in [1.82, 2.24) is 0 Å². The molecule has 0 aliphatic rings. The molecule has 74 valence electrons. The number of rotatable bonds is 1. The van der Waals surface area contributed by atoms with Gasteiger partial charge in [0.2, 0.25) is 0 Å². The molecule has 1 rings (SSSR count). The van der Waals surface area contributed by atoms with E-state index in [4.69, 9.17) is 15.9 Å². The van der Waals surface area contributed by atoms with E-state index >= 15 is 0 Å². The second-order valence-corrected chi connectivity index (χ2v) is 6.28. The molecule has 3 nitrogen and oxygen atoms in total. The standard InChI is InChI=1S/C8H5ClINO2S/c1-5-2-3-7(10)6(4-11)8(5)14(9,12)13/h2-3H,1H3. The Bertz CT molecular complexity index is 519. The Morgan fingerprint density at radius 1 is 1.50 bits per heavy atom. The Labute approximate surface area is 100 Å². The van der Waals surface area contributed by atoms with Gasteiger partial charge in [-0.2, -0.15) is 5.26 Å². The minimum atomic E-state index is -3.85. The lowest BCUT2D eigenvalue weighted by atomic mass is 10.1. The van der Waals surface area contributed by atoms with E-state index in [1.54, 1.807) is 19.1 Å². The van der Waals surface area contributed by atoms with Crippen LogP contribution in [-0.2, 0) is 9.05 Å². The Hall–Kier alpha value is -0.320. The maximum absolute atomic E-state index is 11.2. The van der Waals surface area contributed by atoms with Crippen LogP contribution in [0.1, 0.15) is 11.1 Å². The van der Waals surface area contributed by atoms with E-state index in [0.717, 1.165) is 0 Å². The van der Waals surface area contributed by atoms with Gasteiger partial charge in [-0.15, -0.1) is 0 Å². The van der Waals surface area contributed by atoms with E-state index in [1.807, 2.05) is 28.7 Å². The fraction of sp³-hybridized carbons (Fsp3) is 0.125. The van der Waals surface area contributed by atoms with Gasteiger partial charge in [0.15, 0.2) is 0 Å². The van der Waals surface area contributed by atoms with Gasteiger partial charge in [-0.1, -0.05) is 6.07 Å². The summed E-state index contributed by atoms with van der Waals surface area (Å²) in [7, 11) is 1.38. The third-order valence-corrected chi connectivity index (χ3v) is 4.03. The molecule has 0 fully saturated rings. The van der Waals surface area contributed by atoms with Crippen LogP contribution >= 0.6 is 33.3 Å². The first-order valence-electron chi connectivity index (χ1n) is 3.52. The summed E-state index contributed by atoms with van der Waals surface area (Å²) in [6.07, 6.45) is 0. The van der Waals surface area contributed by atoms with Gasteiger partial charge in [0, 0.05) is 14.3 Å². The molecule has 0 saturated heterocycles. The van der Waals surface area contributed by atoms with Crippen molar-refractivity contribution in [3.63, 3.8) is 0 Å². The zero-order chi connectivity index (χ0) is 10.9. The maximum atomic E-state index is 11.2. The predicted molar refractivity (Wildman–Crippen MR) is 61.6 cm³/mol. The quantitative estimate of drug-likeness (QED) is 0.582. The molecule has 0 amide bonds. The highest BCUT2D eigenvalue weighted by atomic mass is 127. The average Bonchev–Trinajstić information content (AvgIpc) is 2.06. The molecule has 14 heavy (non-hydrogen) atoms. The summed E-state index contributed by atoms with van der Waals surface area (Å²) < 4.78 is 23.0. The third kappa shape index (κ3) is 2.19. The number of hydrogen-bond acceptors (Lipinski definition) is 3. The first-order valence-corrected chi connectivity index (χ1v) is 6.90. The Balaban J connectivity index is 3.74. The minimum absolute atomic E-state index is 0.0893. The van der Waals surface area contributed by atoms with E-state index in [0.29, 0.717) is 9.13 Å². The van der Waals surface area contributed by atoms with E-state index in [9.17, 15) is 8.42 Å². The molecule has 1 aromatic carbocycles. The van der Waals surface area contributed by atoms with Crippen molar-refractivity contribution in [2.75, 3.05) is 0 Å². The van der Waals surface area contributed by atoms with Crippen molar-refractivity contribution >= 4 is 42.3 Å². The first kappa shape index (κ1) is 11.8. The second-order valence-electron chi connectivity index (χ2n) is 2.62. The number of halogens is 2. The van der Waals surface area contributed by atoms with Gasteiger partial charge in [-0.3, -0.25) is 0 Å². The topological polar surface area (TPSA) is 57.9 Å². The molecular weight excluding hydrogens is 337 g/mol. The van der Waals surface area contributed by atoms with E-state index in [1.165, 1.54) is 0 Å². The first-order chi connectivity index (χ1) is 6.38. The van der Waals surface area contributed by atoms with Crippen LogP contribution in [0.4, 0.5) is 0 Å². The highest BCUT2D eigenvalue weighted by molar-refractivity contribution is 14.1. The summed E-state index contributed by atoms with van der Waals surface area (Å²) in [4.78, 5) is -0.0893. The molecule has 0 aliphatic carbocycles. The lowest BCUT2D eigenvalue weighted by molar-refractivity contribution is 0.608. The summed E-state index contributed by atoms with van der Waals surface area (Å²) in [6, 6.07) is 5.14. The summed E-state index contributed by atoms with van der Waals surface area (Å²) >= 11 is 1.90. The van der Waals surface area contributed by atoms with Crippen LogP contribution in [-0.4, -0.2) is 8.42 Å². The molecule has 0 heterocycles. The van der Waals surface area contributed by atoms with Crippen LogP contribution in [0.2, 0.25) is 0 Å². The monoisotopic (exact) mass is 341 g/mol. The van der Waals surface area contributed by atoms with Crippen LogP contribution < -0.4 is 0 Å². The largest absolute Gasteiger partial charge is 0.262 e. The Morgan fingerprint density at radius 3 is 2.43 bits per heavy atom. The van der Waals surface area contributed by atoms with Crippen LogP contribution in [0, 0.1) is 21.8 Å². The van der Waals surface area contributed by atoms with Crippen LogP contribution in [0.25, 0.3) is 0 Å². The maximum Gasteiger partial charge on any atom is 0.262 e. The molecule has 0 bridgehead atoms. The van der Waals surface area contributed by atoms with Gasteiger partial charge in [-0.25, -0.2) is 8.42 Å². The molecule has 0 aromatic heterocycles. The van der Waals surface area contributed by atoms with Gasteiger partial charge in [0.25, 0.3) is 9.05 Å². The van der Waals surface area contributed by atoms with Gasteiger partial charge < -0.3 is 0 Å². The molecule has 1 aromatic rings. The molecule has 0 atom stereocenters. The van der Waals surface area contributed by atoms with Gasteiger partial charge in [0.1, 0.15) is 11.0 Å². The molecule has 0 saturated carbocycles.